The van der Waals surface area contributed by atoms with Crippen molar-refractivity contribution in [3.8, 4) is 0 Å². The zero-order valence-corrected chi connectivity index (χ0v) is 13.5. The lowest BCUT2D eigenvalue weighted by molar-refractivity contribution is -0.270. The van der Waals surface area contributed by atoms with Crippen molar-refractivity contribution in [3.63, 3.8) is 0 Å². The van der Waals surface area contributed by atoms with Crippen LogP contribution in [0.2, 0.25) is 0 Å². The van der Waals surface area contributed by atoms with Crippen molar-refractivity contribution >= 4 is 5.97 Å². The Bertz CT molecular complexity index is 520. The van der Waals surface area contributed by atoms with E-state index in [1.165, 1.54) is 0 Å². The van der Waals surface area contributed by atoms with E-state index in [-0.39, 0.29) is 24.6 Å². The number of rotatable bonds is 5. The minimum Gasteiger partial charge on any atom is -0.459 e. The maximum atomic E-state index is 12.1. The van der Waals surface area contributed by atoms with Gasteiger partial charge in [0.25, 0.3) is 0 Å². The van der Waals surface area contributed by atoms with Gasteiger partial charge in [-0.2, -0.15) is 0 Å². The summed E-state index contributed by atoms with van der Waals surface area (Å²) in [7, 11) is 0. The maximum Gasteiger partial charge on any atom is 0.338 e. The number of carbonyl (C=O) groups is 1. The first-order valence-corrected chi connectivity index (χ1v) is 7.54. The molecule has 3 atom stereocenters. The van der Waals surface area contributed by atoms with Gasteiger partial charge in [-0.25, -0.2) is 4.79 Å². The van der Waals surface area contributed by atoms with Crippen LogP contribution >= 0.6 is 0 Å². The van der Waals surface area contributed by atoms with Crippen LogP contribution in [0.4, 0.5) is 0 Å². The number of benzene rings is 1. The van der Waals surface area contributed by atoms with E-state index < -0.39 is 12.1 Å². The first kappa shape index (κ1) is 16.9. The fraction of sp³-hybridized carbons (Fsp3) is 0.588. The number of carbonyl (C=O) groups excluding carboxylic acids is 1. The Hall–Kier alpha value is -1.43. The molecule has 2 rings (SSSR count). The highest BCUT2D eigenvalue weighted by Gasteiger charge is 2.36. The Labute approximate surface area is 131 Å². The average Bonchev–Trinajstić information content (AvgIpc) is 2.74. The van der Waals surface area contributed by atoms with Crippen molar-refractivity contribution in [3.05, 3.63) is 35.4 Å². The van der Waals surface area contributed by atoms with Gasteiger partial charge in [0.1, 0.15) is 6.61 Å². The van der Waals surface area contributed by atoms with Gasteiger partial charge in [0.15, 0.2) is 12.1 Å². The molecule has 0 amide bonds. The molecule has 0 radical (unpaired) electrons. The monoisotopic (exact) mass is 308 g/mol. The van der Waals surface area contributed by atoms with Crippen LogP contribution in [0.1, 0.15) is 43.1 Å². The Morgan fingerprint density at radius 1 is 1.41 bits per heavy atom. The van der Waals surface area contributed by atoms with E-state index in [1.807, 2.05) is 32.0 Å². The van der Waals surface area contributed by atoms with Crippen LogP contribution in [-0.4, -0.2) is 35.9 Å². The molecule has 1 aromatic rings. The minimum atomic E-state index is -1.24. The minimum absolute atomic E-state index is 0.181. The molecule has 0 aliphatic carbocycles. The molecule has 5 heteroatoms. The summed E-state index contributed by atoms with van der Waals surface area (Å²) in [6.45, 7) is 7.19. The number of aliphatic hydroxyl groups is 1. The zero-order chi connectivity index (χ0) is 16.3. The molecule has 3 unspecified atom stereocenters. The van der Waals surface area contributed by atoms with Gasteiger partial charge in [0.2, 0.25) is 0 Å². The number of ether oxygens (including phenoxy) is 3. The van der Waals surface area contributed by atoms with Gasteiger partial charge in [-0.3, -0.25) is 0 Å². The predicted molar refractivity (Wildman–Crippen MR) is 81.3 cm³/mol. The Kier molecular flexibility index (Phi) is 5.21. The van der Waals surface area contributed by atoms with Gasteiger partial charge < -0.3 is 19.3 Å². The zero-order valence-electron chi connectivity index (χ0n) is 13.5. The highest BCUT2D eigenvalue weighted by Crippen LogP contribution is 2.29. The molecule has 1 aliphatic heterocycles. The van der Waals surface area contributed by atoms with Crippen LogP contribution in [0.25, 0.3) is 0 Å². The van der Waals surface area contributed by atoms with E-state index in [9.17, 15) is 9.90 Å². The molecule has 0 bridgehead atoms. The van der Waals surface area contributed by atoms with Gasteiger partial charge in [-0.1, -0.05) is 25.1 Å². The molecule has 1 aliphatic rings. The van der Waals surface area contributed by atoms with E-state index >= 15 is 0 Å². The van der Waals surface area contributed by atoms with E-state index in [1.54, 1.807) is 19.9 Å². The van der Waals surface area contributed by atoms with Crippen molar-refractivity contribution in [2.24, 2.45) is 5.92 Å². The molecule has 0 aromatic heterocycles. The molecule has 22 heavy (non-hydrogen) atoms. The summed E-state index contributed by atoms with van der Waals surface area (Å²) in [4.78, 5) is 12.1. The van der Waals surface area contributed by atoms with E-state index in [2.05, 4.69) is 0 Å². The van der Waals surface area contributed by atoms with E-state index in [0.717, 1.165) is 5.56 Å². The maximum absolute atomic E-state index is 12.1. The molecule has 1 saturated heterocycles. The standard InChI is InChI=1S/C17H24O5/c1-11-7-5-6-8-13(11)16(18)20-10-14-12(2)9-15(21-14)22-17(3,4)19/h5-8,12,14-15,19H,9-10H2,1-4H3. The van der Waals surface area contributed by atoms with Gasteiger partial charge in [-0.05, 0) is 38.3 Å². The summed E-state index contributed by atoms with van der Waals surface area (Å²) in [6, 6.07) is 7.31. The van der Waals surface area contributed by atoms with Crippen molar-refractivity contribution in [2.75, 3.05) is 6.61 Å². The largest absolute Gasteiger partial charge is 0.459 e. The third-order valence-corrected chi connectivity index (χ3v) is 3.69. The van der Waals surface area contributed by atoms with Crippen LogP contribution in [0, 0.1) is 12.8 Å². The fourth-order valence-corrected chi connectivity index (χ4v) is 2.48. The van der Waals surface area contributed by atoms with Crippen molar-refractivity contribution < 1.29 is 24.1 Å². The highest BCUT2D eigenvalue weighted by atomic mass is 16.7. The van der Waals surface area contributed by atoms with Crippen LogP contribution in [0.15, 0.2) is 24.3 Å². The number of hydrogen-bond donors (Lipinski definition) is 1. The van der Waals surface area contributed by atoms with E-state index in [4.69, 9.17) is 14.2 Å². The predicted octanol–water partition coefficient (Wildman–Crippen LogP) is 2.65. The fourth-order valence-electron chi connectivity index (χ4n) is 2.48. The Morgan fingerprint density at radius 3 is 2.73 bits per heavy atom. The lowest BCUT2D eigenvalue weighted by Gasteiger charge is -2.23. The molecular weight excluding hydrogens is 284 g/mol. The average molecular weight is 308 g/mol. The van der Waals surface area contributed by atoms with Crippen molar-refractivity contribution in [2.45, 2.75) is 52.3 Å². The second-order valence-corrected chi connectivity index (χ2v) is 6.30. The number of hydrogen-bond acceptors (Lipinski definition) is 5. The number of esters is 1. The molecule has 1 aromatic carbocycles. The summed E-state index contributed by atoms with van der Waals surface area (Å²) in [5.41, 5.74) is 1.45. The molecule has 1 N–H and O–H groups in total. The first-order valence-electron chi connectivity index (χ1n) is 7.54. The quantitative estimate of drug-likeness (QED) is 0.669. The summed E-state index contributed by atoms with van der Waals surface area (Å²) < 4.78 is 16.5. The second-order valence-electron chi connectivity index (χ2n) is 6.30. The Morgan fingerprint density at radius 2 is 2.09 bits per heavy atom. The SMILES string of the molecule is Cc1ccccc1C(=O)OCC1OC(OC(C)(C)O)CC1C. The van der Waals surface area contributed by atoms with Crippen LogP contribution in [0.3, 0.4) is 0 Å². The summed E-state index contributed by atoms with van der Waals surface area (Å²) >= 11 is 0. The normalized spacial score (nSPS) is 25.2. The molecule has 0 saturated carbocycles. The Balaban J connectivity index is 1.87. The molecular formula is C17H24O5. The summed E-state index contributed by atoms with van der Waals surface area (Å²) in [6.07, 6.45) is -0.0335. The first-order chi connectivity index (χ1) is 10.3. The van der Waals surface area contributed by atoms with E-state index in [0.29, 0.717) is 12.0 Å². The van der Waals surface area contributed by atoms with Crippen LogP contribution in [-0.2, 0) is 14.2 Å². The third-order valence-electron chi connectivity index (χ3n) is 3.69. The topological polar surface area (TPSA) is 65.0 Å². The third kappa shape index (κ3) is 4.53. The lowest BCUT2D eigenvalue weighted by Crippen LogP contribution is -2.31. The van der Waals surface area contributed by atoms with Crippen molar-refractivity contribution in [1.29, 1.82) is 0 Å². The highest BCUT2D eigenvalue weighted by molar-refractivity contribution is 5.90. The number of aryl methyl sites for hydroxylation is 1. The molecule has 1 fully saturated rings. The van der Waals surface area contributed by atoms with Gasteiger partial charge >= 0.3 is 5.97 Å². The van der Waals surface area contributed by atoms with Gasteiger partial charge in [0, 0.05) is 6.42 Å². The van der Waals surface area contributed by atoms with Gasteiger partial charge in [0.05, 0.1) is 11.7 Å². The molecule has 0 spiro atoms. The van der Waals surface area contributed by atoms with Crippen molar-refractivity contribution in [1.82, 2.24) is 0 Å². The summed E-state index contributed by atoms with van der Waals surface area (Å²) in [5, 5.41) is 9.66. The molecule has 5 nitrogen and oxygen atoms in total. The van der Waals surface area contributed by atoms with Gasteiger partial charge in [-0.15, -0.1) is 0 Å². The molecule has 122 valence electrons. The smallest absolute Gasteiger partial charge is 0.338 e. The lowest BCUT2D eigenvalue weighted by atomic mass is 10.0. The second kappa shape index (κ2) is 6.77. The summed E-state index contributed by atoms with van der Waals surface area (Å²) in [5.74, 6) is -1.39. The van der Waals surface area contributed by atoms with Crippen LogP contribution in [0.5, 0.6) is 0 Å². The van der Waals surface area contributed by atoms with Crippen LogP contribution < -0.4 is 0 Å². The molecule has 1 heterocycles.